The molecule has 18 heavy (non-hydrogen) atoms. The maximum absolute atomic E-state index is 11.9. The van der Waals surface area contributed by atoms with Gasteiger partial charge in [0.05, 0.1) is 6.54 Å². The minimum atomic E-state index is -0.275. The van der Waals surface area contributed by atoms with Gasteiger partial charge in [0, 0.05) is 9.26 Å². The molecule has 6 heteroatoms. The number of oxazole rings is 1. The molecule has 0 radical (unpaired) electrons. The highest BCUT2D eigenvalue weighted by Gasteiger charge is 2.12. The van der Waals surface area contributed by atoms with Gasteiger partial charge in [0.1, 0.15) is 6.26 Å². The van der Waals surface area contributed by atoms with Crippen molar-refractivity contribution in [2.24, 2.45) is 0 Å². The van der Waals surface area contributed by atoms with Gasteiger partial charge < -0.3 is 15.1 Å². The molecule has 0 unspecified atom stereocenters. The summed E-state index contributed by atoms with van der Waals surface area (Å²) < 4.78 is 6.21. The molecule has 2 N–H and O–H groups in total. The van der Waals surface area contributed by atoms with Crippen LogP contribution >= 0.6 is 22.6 Å². The van der Waals surface area contributed by atoms with Crippen LogP contribution in [0.2, 0.25) is 0 Å². The third kappa shape index (κ3) is 3.30. The van der Waals surface area contributed by atoms with E-state index in [1.165, 1.54) is 6.26 Å². The minimum Gasteiger partial charge on any atom is -0.447 e. The number of nitrogens with zero attached hydrogens (tertiary/aromatic N) is 1. The van der Waals surface area contributed by atoms with Gasteiger partial charge in [-0.3, -0.25) is 4.79 Å². The lowest BCUT2D eigenvalue weighted by atomic mass is 10.3. The fourth-order valence-corrected chi connectivity index (χ4v) is 1.95. The molecule has 1 aromatic carbocycles. The SMILES string of the molecule is CNCc1nc(C(=O)Nc2cccc(I)c2)co1. The normalized spacial score (nSPS) is 10.3. The Morgan fingerprint density at radius 1 is 1.50 bits per heavy atom. The molecule has 5 nitrogen and oxygen atoms in total. The van der Waals surface area contributed by atoms with Gasteiger partial charge >= 0.3 is 0 Å². The summed E-state index contributed by atoms with van der Waals surface area (Å²) in [6.45, 7) is 0.497. The van der Waals surface area contributed by atoms with Crippen LogP contribution < -0.4 is 10.6 Å². The number of halogens is 1. The lowest BCUT2D eigenvalue weighted by molar-refractivity contribution is 0.102. The van der Waals surface area contributed by atoms with E-state index in [-0.39, 0.29) is 11.6 Å². The number of nitrogens with one attached hydrogen (secondary N) is 2. The number of carbonyl (C=O) groups excluding carboxylic acids is 1. The van der Waals surface area contributed by atoms with Crippen LogP contribution in [0.25, 0.3) is 0 Å². The second-order valence-corrected chi connectivity index (χ2v) is 4.87. The van der Waals surface area contributed by atoms with Gasteiger partial charge in [-0.15, -0.1) is 0 Å². The van der Waals surface area contributed by atoms with Gasteiger partial charge in [0.2, 0.25) is 5.89 Å². The van der Waals surface area contributed by atoms with Gasteiger partial charge in [-0.1, -0.05) is 6.07 Å². The first-order chi connectivity index (χ1) is 8.69. The first-order valence-electron chi connectivity index (χ1n) is 5.35. The molecule has 0 bridgehead atoms. The summed E-state index contributed by atoms with van der Waals surface area (Å²) in [7, 11) is 1.79. The Balaban J connectivity index is 2.07. The van der Waals surface area contributed by atoms with Crippen molar-refractivity contribution in [1.29, 1.82) is 0 Å². The highest BCUT2D eigenvalue weighted by atomic mass is 127. The Labute approximate surface area is 118 Å². The standard InChI is InChI=1S/C12H12IN3O2/c1-14-6-11-16-10(7-18-11)12(17)15-9-4-2-3-8(13)5-9/h2-5,7,14H,6H2,1H3,(H,15,17). The number of hydrogen-bond acceptors (Lipinski definition) is 4. The fourth-order valence-electron chi connectivity index (χ4n) is 1.41. The van der Waals surface area contributed by atoms with Gasteiger partial charge in [0.15, 0.2) is 5.69 Å². The Hall–Kier alpha value is -1.41. The number of rotatable bonds is 4. The highest BCUT2D eigenvalue weighted by Crippen LogP contribution is 2.13. The summed E-state index contributed by atoms with van der Waals surface area (Å²) in [4.78, 5) is 16.0. The molecular formula is C12H12IN3O2. The van der Waals surface area contributed by atoms with Crippen molar-refractivity contribution < 1.29 is 9.21 Å². The predicted molar refractivity (Wildman–Crippen MR) is 76.4 cm³/mol. The number of anilines is 1. The average molecular weight is 357 g/mol. The monoisotopic (exact) mass is 357 g/mol. The maximum atomic E-state index is 11.9. The molecule has 0 saturated carbocycles. The lowest BCUT2D eigenvalue weighted by Gasteiger charge is -2.02. The summed E-state index contributed by atoms with van der Waals surface area (Å²) in [5.74, 6) is 0.216. The Morgan fingerprint density at radius 3 is 3.06 bits per heavy atom. The van der Waals surface area contributed by atoms with E-state index >= 15 is 0 Å². The zero-order valence-corrected chi connectivity index (χ0v) is 11.9. The Bertz CT molecular complexity index is 554. The quantitative estimate of drug-likeness (QED) is 0.824. The topological polar surface area (TPSA) is 67.2 Å². The summed E-state index contributed by atoms with van der Waals surface area (Å²) in [5.41, 5.74) is 1.02. The Kier molecular flexibility index (Phi) is 4.32. The van der Waals surface area contributed by atoms with Crippen molar-refractivity contribution in [3.63, 3.8) is 0 Å². The van der Waals surface area contributed by atoms with Crippen LogP contribution in [0.3, 0.4) is 0 Å². The van der Waals surface area contributed by atoms with E-state index in [1.807, 2.05) is 24.3 Å². The van der Waals surface area contributed by atoms with E-state index < -0.39 is 0 Å². The minimum absolute atomic E-state index is 0.275. The van der Waals surface area contributed by atoms with E-state index in [2.05, 4.69) is 38.2 Å². The van der Waals surface area contributed by atoms with Crippen LogP contribution in [0.4, 0.5) is 5.69 Å². The molecule has 2 aromatic rings. The van der Waals surface area contributed by atoms with Gasteiger partial charge in [-0.25, -0.2) is 4.98 Å². The van der Waals surface area contributed by atoms with Crippen molar-refractivity contribution in [3.05, 3.63) is 45.7 Å². The first kappa shape index (κ1) is 13.0. The molecule has 1 aromatic heterocycles. The average Bonchev–Trinajstić information content (AvgIpc) is 2.78. The Morgan fingerprint density at radius 2 is 2.33 bits per heavy atom. The second-order valence-electron chi connectivity index (χ2n) is 3.62. The number of carbonyl (C=O) groups is 1. The molecule has 0 atom stereocenters. The molecule has 1 amide bonds. The first-order valence-corrected chi connectivity index (χ1v) is 6.43. The zero-order valence-electron chi connectivity index (χ0n) is 9.74. The fraction of sp³-hybridized carbons (Fsp3) is 0.167. The number of amides is 1. The van der Waals surface area contributed by atoms with Crippen LogP contribution in [-0.4, -0.2) is 17.9 Å². The number of hydrogen-bond donors (Lipinski definition) is 2. The smallest absolute Gasteiger partial charge is 0.277 e. The molecule has 94 valence electrons. The van der Waals surface area contributed by atoms with Crippen molar-refractivity contribution >= 4 is 34.2 Å². The molecule has 0 saturated heterocycles. The largest absolute Gasteiger partial charge is 0.447 e. The maximum Gasteiger partial charge on any atom is 0.277 e. The van der Waals surface area contributed by atoms with E-state index in [0.717, 1.165) is 9.26 Å². The summed E-state index contributed by atoms with van der Waals surface area (Å²) >= 11 is 2.19. The summed E-state index contributed by atoms with van der Waals surface area (Å²) in [5, 5.41) is 5.67. The third-order valence-corrected chi connectivity index (χ3v) is 2.87. The molecule has 2 rings (SSSR count). The number of benzene rings is 1. The van der Waals surface area contributed by atoms with Crippen LogP contribution in [0, 0.1) is 3.57 Å². The van der Waals surface area contributed by atoms with Crippen molar-refractivity contribution in [2.45, 2.75) is 6.54 Å². The molecular weight excluding hydrogens is 345 g/mol. The van der Waals surface area contributed by atoms with Crippen molar-refractivity contribution in [1.82, 2.24) is 10.3 Å². The molecule has 1 heterocycles. The van der Waals surface area contributed by atoms with Crippen LogP contribution in [-0.2, 0) is 6.54 Å². The lowest BCUT2D eigenvalue weighted by Crippen LogP contribution is -2.13. The molecule has 0 aliphatic heterocycles. The number of aromatic nitrogens is 1. The van der Waals surface area contributed by atoms with E-state index in [0.29, 0.717) is 12.4 Å². The molecule has 0 fully saturated rings. The van der Waals surface area contributed by atoms with Crippen LogP contribution in [0.5, 0.6) is 0 Å². The van der Waals surface area contributed by atoms with Gasteiger partial charge in [0.25, 0.3) is 5.91 Å². The third-order valence-electron chi connectivity index (χ3n) is 2.19. The summed E-state index contributed by atoms with van der Waals surface area (Å²) in [6, 6.07) is 7.55. The second kappa shape index (κ2) is 5.96. The van der Waals surface area contributed by atoms with Crippen LogP contribution in [0.1, 0.15) is 16.4 Å². The van der Waals surface area contributed by atoms with E-state index in [4.69, 9.17) is 4.42 Å². The van der Waals surface area contributed by atoms with Crippen LogP contribution in [0.15, 0.2) is 34.9 Å². The highest BCUT2D eigenvalue weighted by molar-refractivity contribution is 14.1. The molecule has 0 aliphatic carbocycles. The summed E-state index contributed by atoms with van der Waals surface area (Å²) in [6.07, 6.45) is 1.36. The van der Waals surface area contributed by atoms with E-state index in [9.17, 15) is 4.79 Å². The molecule has 0 spiro atoms. The van der Waals surface area contributed by atoms with E-state index in [1.54, 1.807) is 7.05 Å². The van der Waals surface area contributed by atoms with Gasteiger partial charge in [-0.2, -0.15) is 0 Å². The van der Waals surface area contributed by atoms with Crippen molar-refractivity contribution in [3.8, 4) is 0 Å². The van der Waals surface area contributed by atoms with Crippen molar-refractivity contribution in [2.75, 3.05) is 12.4 Å². The predicted octanol–water partition coefficient (Wildman–Crippen LogP) is 2.25. The molecule has 0 aliphatic rings. The zero-order chi connectivity index (χ0) is 13.0. The van der Waals surface area contributed by atoms with Gasteiger partial charge in [-0.05, 0) is 47.8 Å².